The van der Waals surface area contributed by atoms with Crippen LogP contribution in [0.15, 0.2) is 54.7 Å². The molecule has 45 heteroatoms. The molecule has 8 rings (SSSR count). The Hall–Kier alpha value is -2.79. The number of nitrogens with zero attached hydrogens (tertiary/aromatic N) is 1. The van der Waals surface area contributed by atoms with Crippen molar-refractivity contribution in [1.29, 1.82) is 0 Å². The van der Waals surface area contributed by atoms with Crippen molar-refractivity contribution in [3.05, 3.63) is 66.0 Å². The Morgan fingerprint density at radius 3 is 0.856 bits per heavy atom. The Labute approximate surface area is 796 Å². The maximum atomic E-state index is 12.1. The van der Waals surface area contributed by atoms with Crippen LogP contribution in [0.4, 0.5) is 0 Å². The first-order valence-electron chi connectivity index (χ1n) is 44.8. The van der Waals surface area contributed by atoms with Gasteiger partial charge in [-0.15, -0.1) is 70.6 Å². The average Bonchev–Trinajstić information content (AvgIpc) is 0.842. The zero-order chi connectivity index (χ0) is 98.9. The fourth-order valence-corrected chi connectivity index (χ4v) is 20.6. The summed E-state index contributed by atoms with van der Waals surface area (Å²) in [5, 5.41) is 239. The highest BCUT2D eigenvalue weighted by atomic mass is 32.2. The molecule has 6 saturated heterocycles. The first-order valence-corrected chi connectivity index (χ1v) is 51.1. The molecule has 132 heavy (non-hydrogen) atoms. The lowest BCUT2D eigenvalue weighted by Crippen LogP contribution is -2.57. The van der Waals surface area contributed by atoms with Gasteiger partial charge < -0.3 is 167 Å². The predicted molar refractivity (Wildman–Crippen MR) is 495 cm³/mol. The van der Waals surface area contributed by atoms with Crippen LogP contribution >= 0.6 is 70.6 Å². The van der Waals surface area contributed by atoms with Gasteiger partial charge >= 0.3 is 0 Å². The molecule has 27 N–H and O–H groups in total. The molecule has 6 aliphatic heterocycles. The molecule has 1 aromatic carbocycles. The molecule has 6 fully saturated rings. The minimum Gasteiger partial charge on any atom is -0.394 e. The summed E-state index contributed by atoms with van der Waals surface area (Å²) >= 11 is 7.82. The lowest BCUT2D eigenvalue weighted by atomic mass is 10.0. The molecule has 7 heterocycles. The molecule has 6 aliphatic rings. The fraction of sp³-hybridized carbons (Fsp3) is 0.805. The van der Waals surface area contributed by atoms with Gasteiger partial charge in [-0.25, -0.2) is 0 Å². The first-order chi connectivity index (χ1) is 62.7. The number of aromatic nitrogens is 1. The topological polar surface area (TPSA) is 702 Å². The lowest BCUT2D eigenvalue weighted by Gasteiger charge is -2.39. The van der Waals surface area contributed by atoms with E-state index in [4.69, 9.17) is 69.9 Å². The number of benzene rings is 1. The second kappa shape index (κ2) is 68.4. The Bertz CT molecular complexity index is 3360. The molecular formula is C87H148N2O37S6. The number of pyridine rings is 1. The Kier molecular flexibility index (Phi) is 63.9. The number of carbonyl (C=O) groups excluding carboxylic acids is 6. The van der Waals surface area contributed by atoms with Crippen molar-refractivity contribution >= 4 is 105 Å². The van der Waals surface area contributed by atoms with E-state index in [-0.39, 0.29) is 40.6 Å². The number of hydrogen-bond acceptors (Lipinski definition) is 45. The third-order valence-corrected chi connectivity index (χ3v) is 29.4. The SMILES string of the molecule is CC(=O)CCCCSC1OC(CO)C(O)C(O)C1O.CC(C)C(=O)CCCCSC1OC(CO)C(O)C(O)C1O.CC(O)C(=O)CCCCSC1OC(CO)C(O)C(O)C1O.CCCC(=O)CCCCSC1OC(CO)C(O)C(O)C1O.NC(C(=O)CCCCSC1OC(CO)C(O)C(O)C1O)c1ccccc1.O=C(CCCCSC1OC(CO)C(O)C(O)C1O)c1ccccn1. The molecule has 0 amide bonds. The van der Waals surface area contributed by atoms with Gasteiger partial charge in [0.05, 0.1) is 45.7 Å². The summed E-state index contributed by atoms with van der Waals surface area (Å²) in [5.74, 6) is 4.36. The molecule has 0 aliphatic carbocycles. The van der Waals surface area contributed by atoms with Gasteiger partial charge in [0.2, 0.25) is 0 Å². The molecule has 0 spiro atoms. The van der Waals surface area contributed by atoms with Gasteiger partial charge in [0.1, 0.15) is 208 Å². The van der Waals surface area contributed by atoms with Crippen LogP contribution in [0, 0.1) is 5.92 Å². The maximum absolute atomic E-state index is 12.1. The average molecular weight is 2010 g/mol. The molecule has 764 valence electrons. The summed E-state index contributed by atoms with van der Waals surface area (Å²) in [6.45, 7) is 6.18. The highest BCUT2D eigenvalue weighted by Crippen LogP contribution is 2.36. The third-order valence-electron chi connectivity index (χ3n) is 21.9. The number of aliphatic hydroxyl groups is 25. The third kappa shape index (κ3) is 43.3. The van der Waals surface area contributed by atoms with E-state index in [1.807, 2.05) is 51.1 Å². The van der Waals surface area contributed by atoms with Crippen LogP contribution in [0.1, 0.15) is 185 Å². The van der Waals surface area contributed by atoms with Crippen molar-refractivity contribution in [2.75, 3.05) is 74.2 Å². The first kappa shape index (κ1) is 123. The smallest absolute Gasteiger partial charge is 0.181 e. The van der Waals surface area contributed by atoms with Gasteiger partial charge in [0.15, 0.2) is 17.3 Å². The van der Waals surface area contributed by atoms with Crippen molar-refractivity contribution in [2.24, 2.45) is 11.7 Å². The van der Waals surface area contributed by atoms with Crippen molar-refractivity contribution in [2.45, 2.75) is 354 Å². The fourth-order valence-electron chi connectivity index (χ4n) is 13.5. The van der Waals surface area contributed by atoms with Gasteiger partial charge in [-0.2, -0.15) is 0 Å². The zero-order valence-electron chi connectivity index (χ0n) is 75.4. The van der Waals surface area contributed by atoms with E-state index in [0.29, 0.717) is 117 Å². The van der Waals surface area contributed by atoms with E-state index >= 15 is 0 Å². The van der Waals surface area contributed by atoms with E-state index < -0.39 is 231 Å². The van der Waals surface area contributed by atoms with E-state index in [9.17, 15) is 121 Å². The number of ether oxygens (including phenoxy) is 6. The van der Waals surface area contributed by atoms with Crippen LogP contribution in [-0.4, -0.2) is 427 Å². The number of rotatable bonds is 49. The molecule has 2 aromatic rings. The van der Waals surface area contributed by atoms with Crippen LogP contribution in [0.25, 0.3) is 0 Å². The molecular weight excluding hydrogens is 1860 g/mol. The molecule has 39 nitrogen and oxygen atoms in total. The summed E-state index contributed by atoms with van der Waals surface area (Å²) in [6.07, 6.45) is -14.7. The quantitative estimate of drug-likeness (QED) is 0.0247. The summed E-state index contributed by atoms with van der Waals surface area (Å²) in [5.41, 5.74) is 3.02. The van der Waals surface area contributed by atoms with E-state index in [2.05, 4.69) is 4.98 Å². The highest BCUT2D eigenvalue weighted by molar-refractivity contribution is 8.00. The monoisotopic (exact) mass is 2000 g/mol. The molecule has 0 bridgehead atoms. The van der Waals surface area contributed by atoms with Crippen LogP contribution in [0.2, 0.25) is 0 Å². The Balaban J connectivity index is 0.000000409. The Morgan fingerprint density at radius 1 is 0.333 bits per heavy atom. The number of ketones is 6. The zero-order valence-corrected chi connectivity index (χ0v) is 80.3. The number of carbonyl (C=O) groups is 6. The highest BCUT2D eigenvalue weighted by Gasteiger charge is 2.49. The van der Waals surface area contributed by atoms with E-state index in [0.717, 1.165) is 56.9 Å². The van der Waals surface area contributed by atoms with Crippen molar-refractivity contribution < 1.29 is 185 Å². The maximum Gasteiger partial charge on any atom is 0.181 e. The minimum absolute atomic E-state index is 0.00607. The number of aliphatic hydroxyl groups excluding tert-OH is 25. The van der Waals surface area contributed by atoms with Gasteiger partial charge in [-0.3, -0.25) is 29.0 Å². The molecule has 0 saturated carbocycles. The standard InChI is InChI=1S/C18H27NO6S.C16H23NO6S.2C14H26O6S.C13H24O7S.C12H22O6S/c19-14(11-6-2-1-3-7-11)12(21)8-4-5-9-26-18-17(24)16(23)15(22)13(10-20)25-18;18-9-12-13(20)14(21)15(22)16(23-12)24-8-4-2-6-11(19)10-5-1-3-7-17-10;1-8(2)9(16)5-3-4-6-21-14-13(19)12(18)11(17)10(7-15)20-14;1-2-5-9(16)6-3-4-7-21-14-13(19)12(18)11(17)10(8-15)20-14;1-7(15)8(16)4-2-3-5-21-13-12(19)11(18)10(17)9(6-14)20-13;1-7(14)4-2-3-5-19-12-11(17)10(16)9(15)8(6-13)18-12/h1-3,6-7,13-18,20,22-24H,4-5,8-10,19H2;1,3,5,7,12-16,18,20-22H,2,4,6,8-9H2;8,10-15,17-19H,3-7H2,1-2H3;10-15,17-19H,2-8H2,1H3;7,9-15,17-19H,2-6H2,1H3;8-13,15-17H,2-6H2,1H3. The largest absolute Gasteiger partial charge is 0.394 e. The number of unbranched alkanes of at least 4 members (excludes halogenated alkanes) is 6. The molecule has 1 aromatic heterocycles. The Morgan fingerprint density at radius 2 is 0.598 bits per heavy atom. The summed E-state index contributed by atoms with van der Waals surface area (Å²) in [6, 6.07) is 13.8. The predicted octanol–water partition coefficient (Wildman–Crippen LogP) is -2.18. The normalized spacial score (nSPS) is 32.6. The minimum atomic E-state index is -1.36. The van der Waals surface area contributed by atoms with Gasteiger partial charge in [0.25, 0.3) is 0 Å². The van der Waals surface area contributed by atoms with Crippen LogP contribution in [-0.2, 0) is 52.4 Å². The van der Waals surface area contributed by atoms with Crippen LogP contribution in [0.3, 0.4) is 0 Å². The van der Waals surface area contributed by atoms with Crippen molar-refractivity contribution in [3.63, 3.8) is 0 Å². The van der Waals surface area contributed by atoms with Gasteiger partial charge in [0, 0.05) is 57.1 Å². The second-order valence-corrected chi connectivity index (χ2v) is 40.1. The summed E-state index contributed by atoms with van der Waals surface area (Å²) in [7, 11) is 0. The van der Waals surface area contributed by atoms with Gasteiger partial charge in [-0.05, 0) is 150 Å². The number of thioether (sulfide) groups is 6. The number of nitrogens with two attached hydrogens (primary N) is 1. The van der Waals surface area contributed by atoms with E-state index in [1.54, 1.807) is 31.3 Å². The molecule has 32 unspecified atom stereocenters. The molecule has 0 radical (unpaired) electrons. The molecule has 32 atom stereocenters. The summed E-state index contributed by atoms with van der Waals surface area (Å²) in [4.78, 5) is 72.8. The second-order valence-electron chi connectivity index (χ2n) is 32.9. The van der Waals surface area contributed by atoms with Crippen LogP contribution in [0.5, 0.6) is 0 Å². The van der Waals surface area contributed by atoms with Crippen LogP contribution < -0.4 is 5.73 Å². The lowest BCUT2D eigenvalue weighted by molar-refractivity contribution is -0.205. The summed E-state index contributed by atoms with van der Waals surface area (Å²) < 4.78 is 32.3. The van der Waals surface area contributed by atoms with Gasteiger partial charge in [-0.1, -0.05) is 57.2 Å². The van der Waals surface area contributed by atoms with Crippen molar-refractivity contribution in [3.8, 4) is 0 Å². The van der Waals surface area contributed by atoms with Crippen molar-refractivity contribution in [1.82, 2.24) is 4.98 Å². The number of Topliss-reactive ketones (excluding diaryl/α,β-unsaturated/α-hetero) is 6. The number of hydrogen-bond donors (Lipinski definition) is 26. The van der Waals surface area contributed by atoms with E-state index in [1.165, 1.54) is 77.5 Å².